The molecule has 2 aliphatic heterocycles. The molecule has 0 spiro atoms. The van der Waals surface area contributed by atoms with E-state index in [4.69, 9.17) is 4.98 Å². The lowest BCUT2D eigenvalue weighted by molar-refractivity contribution is 0.0725. The van der Waals surface area contributed by atoms with Crippen molar-refractivity contribution in [3.8, 4) is 28.4 Å². The highest BCUT2D eigenvalue weighted by atomic mass is 19.1. The predicted molar refractivity (Wildman–Crippen MR) is 165 cm³/mol. The Morgan fingerprint density at radius 2 is 2.02 bits per heavy atom. The van der Waals surface area contributed by atoms with Crippen molar-refractivity contribution in [1.82, 2.24) is 40.3 Å². The third kappa shape index (κ3) is 4.94. The van der Waals surface area contributed by atoms with Gasteiger partial charge in [-0.25, -0.2) is 19.3 Å². The summed E-state index contributed by atoms with van der Waals surface area (Å²) >= 11 is 0. The number of phenols is 1. The zero-order valence-electron chi connectivity index (χ0n) is 24.9. The van der Waals surface area contributed by atoms with Crippen LogP contribution in [0.1, 0.15) is 48.2 Å². The number of hydrogen-bond donors (Lipinski definition) is 4. The molecule has 2 aromatic carbocycles. The first-order valence-electron chi connectivity index (χ1n) is 15.0. The Bertz CT molecular complexity index is 1870. The maximum atomic E-state index is 14.2. The SMILES string of the molecule is CCc1cc(O)c(F)cc1-c1ccc2c(-c3nc4c([nH]3)CCN(C(=O)c3cnc(N5C[C@@H](C)NC[C@@H]5C)cn3)C4)n[nH]c2c1. The van der Waals surface area contributed by atoms with E-state index in [1.54, 1.807) is 17.3 Å². The lowest BCUT2D eigenvalue weighted by atomic mass is 9.96. The molecule has 2 aliphatic rings. The molecule has 0 bridgehead atoms. The highest BCUT2D eigenvalue weighted by molar-refractivity contribution is 5.94. The van der Waals surface area contributed by atoms with Gasteiger partial charge in [-0.2, -0.15) is 5.10 Å². The fraction of sp³-hybridized carbons (Fsp3) is 0.344. The molecule has 0 aliphatic carbocycles. The van der Waals surface area contributed by atoms with E-state index in [0.29, 0.717) is 55.2 Å². The van der Waals surface area contributed by atoms with Gasteiger partial charge < -0.3 is 25.2 Å². The molecule has 1 fully saturated rings. The number of fused-ring (bicyclic) bond motifs is 2. The summed E-state index contributed by atoms with van der Waals surface area (Å²) in [5, 5.41) is 21.8. The van der Waals surface area contributed by atoms with Crippen molar-refractivity contribution in [3.05, 3.63) is 71.2 Å². The average Bonchev–Trinajstić information content (AvgIpc) is 3.66. The number of aromatic nitrogens is 6. The number of carbonyl (C=O) groups is 1. The molecule has 7 rings (SSSR count). The normalized spacial score (nSPS) is 18.5. The molecule has 226 valence electrons. The van der Waals surface area contributed by atoms with Gasteiger partial charge in [0.15, 0.2) is 17.4 Å². The summed E-state index contributed by atoms with van der Waals surface area (Å²) in [7, 11) is 0. The molecule has 0 unspecified atom stereocenters. The monoisotopic (exact) mass is 595 g/mol. The molecule has 1 amide bonds. The van der Waals surface area contributed by atoms with Crippen LogP contribution in [0.2, 0.25) is 0 Å². The van der Waals surface area contributed by atoms with Crippen molar-refractivity contribution in [3.63, 3.8) is 0 Å². The summed E-state index contributed by atoms with van der Waals surface area (Å²) < 4.78 is 14.2. The van der Waals surface area contributed by atoms with Gasteiger partial charge in [-0.3, -0.25) is 9.89 Å². The van der Waals surface area contributed by atoms with E-state index in [1.165, 1.54) is 12.1 Å². The van der Waals surface area contributed by atoms with Gasteiger partial charge in [0.1, 0.15) is 17.2 Å². The zero-order valence-corrected chi connectivity index (χ0v) is 24.9. The standard InChI is InChI=1S/C32H34FN9O2/c1-4-19-10-28(43)23(33)11-22(19)20-5-6-21-25(9-20)39-40-30(21)31-37-24-7-8-41(16-27(24)38-31)32(44)26-13-36-29(14-35-26)42-15-17(2)34-12-18(42)3/h5-6,9-11,13-14,17-18,34,43H,4,7-8,12,15-16H2,1-3H3,(H,37,38)(H,39,40)/t17-,18+/m1/s1. The first-order chi connectivity index (χ1) is 21.3. The zero-order chi connectivity index (χ0) is 30.5. The van der Waals surface area contributed by atoms with Crippen molar-refractivity contribution in [1.29, 1.82) is 0 Å². The Morgan fingerprint density at radius 3 is 2.82 bits per heavy atom. The number of rotatable bonds is 5. The van der Waals surface area contributed by atoms with E-state index >= 15 is 0 Å². The van der Waals surface area contributed by atoms with Crippen LogP contribution in [0.3, 0.4) is 0 Å². The van der Waals surface area contributed by atoms with E-state index in [-0.39, 0.29) is 11.7 Å². The van der Waals surface area contributed by atoms with Gasteiger partial charge in [-0.05, 0) is 61.2 Å². The van der Waals surface area contributed by atoms with Gasteiger partial charge in [0, 0.05) is 49.2 Å². The fourth-order valence-corrected chi connectivity index (χ4v) is 6.19. The van der Waals surface area contributed by atoms with E-state index < -0.39 is 5.82 Å². The summed E-state index contributed by atoms with van der Waals surface area (Å²) in [6.45, 7) is 8.87. The van der Waals surface area contributed by atoms with Crippen molar-refractivity contribution in [2.75, 3.05) is 24.5 Å². The molecule has 11 nitrogen and oxygen atoms in total. The lowest BCUT2D eigenvalue weighted by Crippen LogP contribution is -2.54. The molecule has 1 saturated heterocycles. The van der Waals surface area contributed by atoms with Gasteiger partial charge in [-0.15, -0.1) is 0 Å². The van der Waals surface area contributed by atoms with Crippen LogP contribution < -0.4 is 10.2 Å². The van der Waals surface area contributed by atoms with E-state index in [2.05, 4.69) is 49.2 Å². The summed E-state index contributed by atoms with van der Waals surface area (Å²) in [4.78, 5) is 34.6. The van der Waals surface area contributed by atoms with Crippen molar-refractivity contribution in [2.24, 2.45) is 0 Å². The summed E-state index contributed by atoms with van der Waals surface area (Å²) in [6.07, 6.45) is 4.55. The summed E-state index contributed by atoms with van der Waals surface area (Å²) in [5.74, 6) is 0.227. The minimum Gasteiger partial charge on any atom is -0.505 e. The Morgan fingerprint density at radius 1 is 1.16 bits per heavy atom. The second-order valence-corrected chi connectivity index (χ2v) is 11.7. The number of amides is 1. The predicted octanol–water partition coefficient (Wildman–Crippen LogP) is 4.20. The topological polar surface area (TPSA) is 139 Å². The smallest absolute Gasteiger partial charge is 0.274 e. The number of nitrogens with one attached hydrogen (secondary N) is 3. The van der Waals surface area contributed by atoms with Gasteiger partial charge in [0.25, 0.3) is 5.91 Å². The number of anilines is 1. The Kier molecular flexibility index (Phi) is 7.00. The molecule has 4 N–H and O–H groups in total. The number of benzene rings is 2. The Hall–Kier alpha value is -4.84. The second kappa shape index (κ2) is 11.0. The number of hydrogen-bond acceptors (Lipinski definition) is 8. The third-order valence-electron chi connectivity index (χ3n) is 8.69. The minimum absolute atomic E-state index is 0.171. The number of aromatic hydroxyl groups is 1. The van der Waals surface area contributed by atoms with Gasteiger partial charge >= 0.3 is 0 Å². The molecule has 0 radical (unpaired) electrons. The van der Waals surface area contributed by atoms with Crippen molar-refractivity contribution < 1.29 is 14.3 Å². The van der Waals surface area contributed by atoms with Crippen molar-refractivity contribution >= 4 is 22.6 Å². The van der Waals surface area contributed by atoms with Crippen LogP contribution in [0.15, 0.2) is 42.7 Å². The first kappa shape index (κ1) is 28.0. The highest BCUT2D eigenvalue weighted by Crippen LogP contribution is 2.34. The molecule has 0 saturated carbocycles. The second-order valence-electron chi connectivity index (χ2n) is 11.7. The van der Waals surface area contributed by atoms with Crippen LogP contribution in [0.4, 0.5) is 10.2 Å². The maximum Gasteiger partial charge on any atom is 0.274 e. The van der Waals surface area contributed by atoms with E-state index in [1.807, 2.05) is 25.1 Å². The first-order valence-corrected chi connectivity index (χ1v) is 15.0. The molecular weight excluding hydrogens is 561 g/mol. The van der Waals surface area contributed by atoms with Crippen LogP contribution >= 0.6 is 0 Å². The number of carbonyl (C=O) groups excluding carboxylic acids is 1. The average molecular weight is 596 g/mol. The summed E-state index contributed by atoms with van der Waals surface area (Å²) in [6, 6.07) is 9.29. The van der Waals surface area contributed by atoms with Crippen LogP contribution in [0.5, 0.6) is 5.75 Å². The van der Waals surface area contributed by atoms with E-state index in [9.17, 15) is 14.3 Å². The lowest BCUT2D eigenvalue weighted by Gasteiger charge is -2.38. The van der Waals surface area contributed by atoms with Crippen LogP contribution in [-0.4, -0.2) is 77.8 Å². The Balaban J connectivity index is 1.09. The number of phenolic OH excluding ortho intramolecular Hbond substituents is 1. The number of aryl methyl sites for hydroxylation is 1. The number of halogens is 1. The quantitative estimate of drug-likeness (QED) is 0.237. The molecular formula is C32H34FN9O2. The number of nitrogens with zero attached hydrogens (tertiary/aromatic N) is 6. The Labute approximate surface area is 253 Å². The van der Waals surface area contributed by atoms with Crippen LogP contribution in [0.25, 0.3) is 33.5 Å². The molecule has 12 heteroatoms. The largest absolute Gasteiger partial charge is 0.505 e. The maximum absolute atomic E-state index is 14.2. The van der Waals surface area contributed by atoms with Crippen molar-refractivity contribution in [2.45, 2.75) is 52.2 Å². The number of imidazole rings is 1. The van der Waals surface area contributed by atoms with Crippen LogP contribution in [0, 0.1) is 5.82 Å². The minimum atomic E-state index is -0.653. The summed E-state index contributed by atoms with van der Waals surface area (Å²) in [5.41, 5.74) is 5.95. The molecule has 44 heavy (non-hydrogen) atoms. The molecule has 5 heterocycles. The number of aromatic amines is 2. The van der Waals surface area contributed by atoms with Crippen LogP contribution in [-0.2, 0) is 19.4 Å². The molecule has 3 aromatic heterocycles. The molecule has 2 atom stereocenters. The van der Waals surface area contributed by atoms with Gasteiger partial charge in [0.2, 0.25) is 0 Å². The molecule has 5 aromatic rings. The fourth-order valence-electron chi connectivity index (χ4n) is 6.19. The van der Waals surface area contributed by atoms with Gasteiger partial charge in [0.05, 0.1) is 30.1 Å². The van der Waals surface area contributed by atoms with E-state index in [0.717, 1.165) is 57.9 Å². The third-order valence-corrected chi connectivity index (χ3v) is 8.69. The van der Waals surface area contributed by atoms with Gasteiger partial charge in [-0.1, -0.05) is 13.0 Å². The number of piperazine rings is 1. The number of H-pyrrole nitrogens is 2. The highest BCUT2D eigenvalue weighted by Gasteiger charge is 2.28.